The molecule has 1 amide bonds. The summed E-state index contributed by atoms with van der Waals surface area (Å²) in [6, 6.07) is 13.1. The summed E-state index contributed by atoms with van der Waals surface area (Å²) >= 11 is 3.29. The molecule has 0 aliphatic heterocycles. The van der Waals surface area contributed by atoms with Crippen LogP contribution in [-0.4, -0.2) is 25.3 Å². The number of benzene rings is 2. The number of hydrogen-bond donors (Lipinski definition) is 1. The van der Waals surface area contributed by atoms with E-state index in [0.717, 1.165) is 4.47 Å². The number of nitrogens with one attached hydrogen (secondary N) is 1. The second-order valence-electron chi connectivity index (χ2n) is 4.48. The summed E-state index contributed by atoms with van der Waals surface area (Å²) in [5, 5.41) is 6.21. The van der Waals surface area contributed by atoms with Gasteiger partial charge in [-0.1, -0.05) is 33.2 Å². The molecule has 0 aromatic heterocycles. The third-order valence-corrected chi connectivity index (χ3v) is 3.25. The SMILES string of the molecule is O=C(CO/N=C/c1ccccc1OC(F)F)Nc1ccc(Br)cc1. The molecule has 2 rings (SSSR count). The standard InChI is InChI=1S/C16H13BrF2N2O3/c17-12-5-7-13(8-6-12)21-15(22)10-23-20-9-11-3-1-2-4-14(11)24-16(18)19/h1-9,16H,10H2,(H,21,22)/b20-9+. The van der Waals surface area contributed by atoms with Crippen molar-refractivity contribution in [3.05, 3.63) is 58.6 Å². The molecule has 0 aliphatic rings. The number of ether oxygens (including phenoxy) is 1. The zero-order valence-corrected chi connectivity index (χ0v) is 13.9. The number of nitrogens with zero attached hydrogens (tertiary/aromatic N) is 1. The third kappa shape index (κ3) is 5.96. The summed E-state index contributed by atoms with van der Waals surface area (Å²) in [7, 11) is 0. The minimum absolute atomic E-state index is 0.0286. The molecule has 126 valence electrons. The molecular weight excluding hydrogens is 386 g/mol. The minimum atomic E-state index is -2.93. The van der Waals surface area contributed by atoms with Gasteiger partial charge in [-0.25, -0.2) is 0 Å². The highest BCUT2D eigenvalue weighted by Crippen LogP contribution is 2.18. The second kappa shape index (κ2) is 8.97. The summed E-state index contributed by atoms with van der Waals surface area (Å²) in [4.78, 5) is 16.5. The Kier molecular flexibility index (Phi) is 6.68. The first-order valence-corrected chi connectivity index (χ1v) is 7.58. The summed E-state index contributed by atoms with van der Waals surface area (Å²) < 4.78 is 29.8. The van der Waals surface area contributed by atoms with E-state index in [9.17, 15) is 13.6 Å². The molecule has 1 N–H and O–H groups in total. The number of amides is 1. The van der Waals surface area contributed by atoms with Crippen LogP contribution in [0.25, 0.3) is 0 Å². The van der Waals surface area contributed by atoms with Gasteiger partial charge in [0.25, 0.3) is 5.91 Å². The molecule has 0 saturated carbocycles. The lowest BCUT2D eigenvalue weighted by atomic mass is 10.2. The van der Waals surface area contributed by atoms with Crippen molar-refractivity contribution in [3.8, 4) is 5.75 Å². The van der Waals surface area contributed by atoms with E-state index in [0.29, 0.717) is 11.3 Å². The normalized spacial score (nSPS) is 10.8. The van der Waals surface area contributed by atoms with Crippen molar-refractivity contribution in [1.82, 2.24) is 0 Å². The van der Waals surface area contributed by atoms with Crippen LogP contribution in [0, 0.1) is 0 Å². The van der Waals surface area contributed by atoms with E-state index < -0.39 is 12.5 Å². The second-order valence-corrected chi connectivity index (χ2v) is 5.40. The quantitative estimate of drug-likeness (QED) is 0.565. The topological polar surface area (TPSA) is 59.9 Å². The molecule has 0 saturated heterocycles. The van der Waals surface area contributed by atoms with Gasteiger partial charge in [-0.3, -0.25) is 4.79 Å². The average molecular weight is 399 g/mol. The lowest BCUT2D eigenvalue weighted by molar-refractivity contribution is -0.120. The predicted molar refractivity (Wildman–Crippen MR) is 89.4 cm³/mol. The van der Waals surface area contributed by atoms with Gasteiger partial charge < -0.3 is 14.9 Å². The molecule has 0 unspecified atom stereocenters. The molecule has 2 aromatic rings. The Morgan fingerprint density at radius 2 is 1.92 bits per heavy atom. The van der Waals surface area contributed by atoms with E-state index in [2.05, 4.69) is 31.1 Å². The van der Waals surface area contributed by atoms with Crippen molar-refractivity contribution in [2.24, 2.45) is 5.16 Å². The van der Waals surface area contributed by atoms with E-state index in [1.54, 1.807) is 36.4 Å². The van der Waals surface area contributed by atoms with Crippen LogP contribution in [0.4, 0.5) is 14.5 Å². The molecule has 2 aromatic carbocycles. The van der Waals surface area contributed by atoms with Crippen LogP contribution in [-0.2, 0) is 9.63 Å². The smallest absolute Gasteiger partial charge is 0.387 e. The number of hydrogen-bond acceptors (Lipinski definition) is 4. The Morgan fingerprint density at radius 3 is 2.62 bits per heavy atom. The molecule has 8 heteroatoms. The van der Waals surface area contributed by atoms with Crippen LogP contribution >= 0.6 is 15.9 Å². The van der Waals surface area contributed by atoms with Gasteiger partial charge >= 0.3 is 6.61 Å². The molecule has 24 heavy (non-hydrogen) atoms. The van der Waals surface area contributed by atoms with Crippen LogP contribution in [0.3, 0.4) is 0 Å². The van der Waals surface area contributed by atoms with E-state index in [1.807, 2.05) is 0 Å². The highest BCUT2D eigenvalue weighted by Gasteiger charge is 2.07. The number of carbonyl (C=O) groups excluding carboxylic acids is 1. The molecule has 0 heterocycles. The lowest BCUT2D eigenvalue weighted by Crippen LogP contribution is -2.16. The van der Waals surface area contributed by atoms with Crippen LogP contribution in [0.15, 0.2) is 58.2 Å². The van der Waals surface area contributed by atoms with E-state index >= 15 is 0 Å². The van der Waals surface area contributed by atoms with Gasteiger partial charge in [0.15, 0.2) is 6.61 Å². The molecule has 0 atom stereocenters. The summed E-state index contributed by atoms with van der Waals surface area (Å²) in [5.74, 6) is -0.425. The van der Waals surface area contributed by atoms with Crippen molar-refractivity contribution in [2.45, 2.75) is 6.61 Å². The number of halogens is 3. The Bertz CT molecular complexity index is 709. The molecule has 5 nitrogen and oxygen atoms in total. The van der Waals surface area contributed by atoms with E-state index in [-0.39, 0.29) is 12.4 Å². The third-order valence-electron chi connectivity index (χ3n) is 2.73. The van der Waals surface area contributed by atoms with Gasteiger partial charge in [0.05, 0.1) is 6.21 Å². The summed E-state index contributed by atoms with van der Waals surface area (Å²) in [6.45, 7) is -3.25. The zero-order valence-electron chi connectivity index (χ0n) is 12.3. The average Bonchev–Trinajstić information content (AvgIpc) is 2.55. The fourth-order valence-corrected chi connectivity index (χ4v) is 1.98. The molecule has 0 radical (unpaired) electrons. The number of para-hydroxylation sites is 1. The van der Waals surface area contributed by atoms with Crippen molar-refractivity contribution in [2.75, 3.05) is 11.9 Å². The van der Waals surface area contributed by atoms with Crippen molar-refractivity contribution in [1.29, 1.82) is 0 Å². The monoisotopic (exact) mass is 398 g/mol. The Labute approximate surface area is 145 Å². The molecule has 0 aliphatic carbocycles. The van der Waals surface area contributed by atoms with Crippen molar-refractivity contribution < 1.29 is 23.1 Å². The molecule has 0 fully saturated rings. The molecular formula is C16H13BrF2N2O3. The molecule has 0 bridgehead atoms. The predicted octanol–water partition coefficient (Wildman–Crippen LogP) is 4.04. The highest BCUT2D eigenvalue weighted by molar-refractivity contribution is 9.10. The van der Waals surface area contributed by atoms with Gasteiger partial charge in [0, 0.05) is 15.7 Å². The maximum absolute atomic E-state index is 12.3. The van der Waals surface area contributed by atoms with Gasteiger partial charge in [-0.05, 0) is 36.4 Å². The van der Waals surface area contributed by atoms with Crippen LogP contribution in [0.1, 0.15) is 5.56 Å². The minimum Gasteiger partial charge on any atom is -0.434 e. The Morgan fingerprint density at radius 1 is 1.21 bits per heavy atom. The van der Waals surface area contributed by atoms with Crippen molar-refractivity contribution >= 4 is 33.7 Å². The van der Waals surface area contributed by atoms with Crippen molar-refractivity contribution in [3.63, 3.8) is 0 Å². The Balaban J connectivity index is 1.84. The number of anilines is 1. The number of rotatable bonds is 7. The summed E-state index contributed by atoms with van der Waals surface area (Å²) in [5.41, 5.74) is 0.928. The van der Waals surface area contributed by atoms with Gasteiger partial charge in [0.2, 0.25) is 0 Å². The lowest BCUT2D eigenvalue weighted by Gasteiger charge is -2.07. The zero-order chi connectivity index (χ0) is 17.4. The largest absolute Gasteiger partial charge is 0.434 e. The number of carbonyl (C=O) groups is 1. The van der Waals surface area contributed by atoms with Crippen LogP contribution in [0.5, 0.6) is 5.75 Å². The van der Waals surface area contributed by atoms with Gasteiger partial charge in [0.1, 0.15) is 5.75 Å². The number of oxime groups is 1. The number of alkyl halides is 2. The fourth-order valence-electron chi connectivity index (χ4n) is 1.71. The first kappa shape index (κ1) is 17.9. The maximum Gasteiger partial charge on any atom is 0.387 e. The molecule has 0 spiro atoms. The first-order chi connectivity index (χ1) is 11.5. The van der Waals surface area contributed by atoms with E-state index in [1.165, 1.54) is 18.3 Å². The highest BCUT2D eigenvalue weighted by atomic mass is 79.9. The van der Waals surface area contributed by atoms with Gasteiger partial charge in [-0.2, -0.15) is 8.78 Å². The van der Waals surface area contributed by atoms with Crippen LogP contribution in [0.2, 0.25) is 0 Å². The van der Waals surface area contributed by atoms with E-state index in [4.69, 9.17) is 4.84 Å². The fraction of sp³-hybridized carbons (Fsp3) is 0.125. The Hall–Kier alpha value is -2.48. The van der Waals surface area contributed by atoms with Gasteiger partial charge in [-0.15, -0.1) is 0 Å². The summed E-state index contributed by atoms with van der Waals surface area (Å²) in [6.07, 6.45) is 1.20. The van der Waals surface area contributed by atoms with Crippen LogP contribution < -0.4 is 10.1 Å². The maximum atomic E-state index is 12.3. The first-order valence-electron chi connectivity index (χ1n) is 6.79.